The maximum Gasteiger partial charge on any atom is 0.325 e. The normalized spacial score (nSPS) is 13.3. The van der Waals surface area contributed by atoms with Gasteiger partial charge in [0, 0.05) is 0 Å². The van der Waals surface area contributed by atoms with Crippen LogP contribution in [0.25, 0.3) is 0 Å². The fraction of sp³-hybridized carbons (Fsp3) is 0.385. The first-order valence-corrected chi connectivity index (χ1v) is 5.84. The molecule has 1 rings (SSSR count). The number of aliphatic carboxylic acids is 2. The lowest BCUT2D eigenvalue weighted by molar-refractivity contribution is -0.142. The molecule has 2 unspecified atom stereocenters. The van der Waals surface area contributed by atoms with Crippen molar-refractivity contribution in [1.29, 1.82) is 0 Å². The summed E-state index contributed by atoms with van der Waals surface area (Å²) in [4.78, 5) is 22.1. The van der Waals surface area contributed by atoms with Gasteiger partial charge in [-0.25, -0.2) is 0 Å². The van der Waals surface area contributed by atoms with E-state index in [1.807, 2.05) is 0 Å². The highest BCUT2D eigenvalue weighted by Gasteiger charge is 2.25. The molecule has 0 radical (unpaired) electrons. The lowest BCUT2D eigenvalue weighted by atomic mass is 10.1. The van der Waals surface area contributed by atoms with E-state index in [9.17, 15) is 14.7 Å². The van der Waals surface area contributed by atoms with Gasteiger partial charge in [-0.1, -0.05) is 6.07 Å². The van der Waals surface area contributed by atoms with Crippen LogP contribution >= 0.6 is 0 Å². The molecule has 0 amide bonds. The van der Waals surface area contributed by atoms with Gasteiger partial charge in [0.2, 0.25) is 0 Å². The molecule has 0 saturated carbocycles. The molecule has 0 saturated heterocycles. The summed E-state index contributed by atoms with van der Waals surface area (Å²) in [5.41, 5.74) is 0.378. The summed E-state index contributed by atoms with van der Waals surface area (Å²) in [6, 6.07) is 2.46. The lowest BCUT2D eigenvalue weighted by Crippen LogP contribution is -2.40. The Balaban J connectivity index is 3.09. The second-order valence-corrected chi connectivity index (χ2v) is 4.11. The largest absolute Gasteiger partial charge is 0.493 e. The van der Waals surface area contributed by atoms with Gasteiger partial charge in [-0.3, -0.25) is 14.9 Å². The third-order valence-electron chi connectivity index (χ3n) is 2.77. The van der Waals surface area contributed by atoms with Crippen LogP contribution in [0.3, 0.4) is 0 Å². The Morgan fingerprint density at radius 2 is 1.70 bits per heavy atom. The van der Waals surface area contributed by atoms with Gasteiger partial charge in [-0.2, -0.15) is 0 Å². The quantitative estimate of drug-likeness (QED) is 0.682. The monoisotopic (exact) mass is 283 g/mol. The van der Waals surface area contributed by atoms with Crippen molar-refractivity contribution in [2.45, 2.75) is 19.0 Å². The third-order valence-corrected chi connectivity index (χ3v) is 2.77. The zero-order chi connectivity index (χ0) is 15.3. The molecule has 3 N–H and O–H groups in total. The number of rotatable bonds is 7. The molecule has 7 nitrogen and oxygen atoms in total. The van der Waals surface area contributed by atoms with Gasteiger partial charge in [0.05, 0.1) is 14.2 Å². The number of carboxylic acid groups (broad SMARTS) is 2. The van der Waals surface area contributed by atoms with E-state index < -0.39 is 24.0 Å². The van der Waals surface area contributed by atoms with Crippen molar-refractivity contribution in [3.05, 3.63) is 23.8 Å². The Morgan fingerprint density at radius 1 is 1.10 bits per heavy atom. The smallest absolute Gasteiger partial charge is 0.325 e. The molecule has 1 aromatic carbocycles. The van der Waals surface area contributed by atoms with Crippen LogP contribution in [0.5, 0.6) is 11.5 Å². The predicted molar refractivity (Wildman–Crippen MR) is 70.2 cm³/mol. The number of carbonyl (C=O) groups is 2. The molecular weight excluding hydrogens is 266 g/mol. The molecule has 0 aliphatic rings. The number of carboxylic acids is 2. The third kappa shape index (κ3) is 3.61. The van der Waals surface area contributed by atoms with E-state index >= 15 is 0 Å². The summed E-state index contributed by atoms with van der Waals surface area (Å²) in [6.07, 6.45) is 0. The molecule has 0 aliphatic carbocycles. The zero-order valence-corrected chi connectivity index (χ0v) is 11.4. The second-order valence-electron chi connectivity index (χ2n) is 4.11. The van der Waals surface area contributed by atoms with E-state index in [4.69, 9.17) is 14.6 Å². The molecule has 7 heteroatoms. The van der Waals surface area contributed by atoms with Crippen molar-refractivity contribution in [1.82, 2.24) is 5.32 Å². The van der Waals surface area contributed by atoms with Crippen LogP contribution in [0.15, 0.2) is 18.2 Å². The number of hydrogen-bond acceptors (Lipinski definition) is 5. The maximum atomic E-state index is 11.3. The average Bonchev–Trinajstić information content (AvgIpc) is 2.43. The Labute approximate surface area is 116 Å². The standard InChI is InChI=1S/C13H17NO6/c1-7(12(15)16)14-11(13(17)18)8-4-5-9(19-2)10(6-8)20-3/h4-7,11,14H,1-3H3,(H,15,16)(H,17,18). The van der Waals surface area contributed by atoms with E-state index in [1.165, 1.54) is 27.2 Å². The van der Waals surface area contributed by atoms with Gasteiger partial charge < -0.3 is 19.7 Å². The SMILES string of the molecule is COc1ccc(C(NC(C)C(=O)O)C(=O)O)cc1OC. The minimum absolute atomic E-state index is 0.376. The summed E-state index contributed by atoms with van der Waals surface area (Å²) >= 11 is 0. The molecule has 0 heterocycles. The first-order valence-electron chi connectivity index (χ1n) is 5.84. The van der Waals surface area contributed by atoms with E-state index in [0.29, 0.717) is 17.1 Å². The molecule has 0 bridgehead atoms. The number of methoxy groups -OCH3 is 2. The number of ether oxygens (including phenoxy) is 2. The van der Waals surface area contributed by atoms with E-state index in [1.54, 1.807) is 12.1 Å². The second kappa shape index (κ2) is 6.76. The van der Waals surface area contributed by atoms with Gasteiger partial charge >= 0.3 is 11.9 Å². The van der Waals surface area contributed by atoms with Crippen molar-refractivity contribution < 1.29 is 29.3 Å². The van der Waals surface area contributed by atoms with Crippen LogP contribution in [0.1, 0.15) is 18.5 Å². The molecule has 0 aromatic heterocycles. The summed E-state index contributed by atoms with van der Waals surface area (Å²) in [5.74, 6) is -1.46. The number of benzene rings is 1. The van der Waals surface area contributed by atoms with Crippen LogP contribution in [0.4, 0.5) is 0 Å². The Hall–Kier alpha value is -2.28. The highest BCUT2D eigenvalue weighted by molar-refractivity contribution is 5.78. The fourth-order valence-corrected chi connectivity index (χ4v) is 1.66. The topological polar surface area (TPSA) is 105 Å². The predicted octanol–water partition coefficient (Wildman–Crippen LogP) is 0.892. The fourth-order valence-electron chi connectivity index (χ4n) is 1.66. The van der Waals surface area contributed by atoms with Gasteiger partial charge in [0.15, 0.2) is 11.5 Å². The van der Waals surface area contributed by atoms with Gasteiger partial charge in [0.1, 0.15) is 12.1 Å². The number of nitrogens with one attached hydrogen (secondary N) is 1. The summed E-state index contributed by atoms with van der Waals surface area (Å²) < 4.78 is 10.2. The van der Waals surface area contributed by atoms with E-state index in [2.05, 4.69) is 5.32 Å². The van der Waals surface area contributed by atoms with Crippen molar-refractivity contribution in [2.24, 2.45) is 0 Å². The van der Waals surface area contributed by atoms with Gasteiger partial charge in [-0.15, -0.1) is 0 Å². The Kier molecular flexibility index (Phi) is 5.33. The van der Waals surface area contributed by atoms with Crippen LogP contribution in [0, 0.1) is 0 Å². The minimum Gasteiger partial charge on any atom is -0.493 e. The van der Waals surface area contributed by atoms with E-state index in [0.717, 1.165) is 0 Å². The highest BCUT2D eigenvalue weighted by atomic mass is 16.5. The van der Waals surface area contributed by atoms with Crippen molar-refractivity contribution in [3.8, 4) is 11.5 Å². The molecule has 110 valence electrons. The Morgan fingerprint density at radius 3 is 2.15 bits per heavy atom. The Bertz CT molecular complexity index is 502. The van der Waals surface area contributed by atoms with Gasteiger partial charge in [-0.05, 0) is 24.6 Å². The first kappa shape index (κ1) is 15.8. The molecule has 20 heavy (non-hydrogen) atoms. The maximum absolute atomic E-state index is 11.3. The molecule has 1 aromatic rings. The summed E-state index contributed by atoms with van der Waals surface area (Å²) in [6.45, 7) is 1.37. The highest BCUT2D eigenvalue weighted by Crippen LogP contribution is 2.30. The van der Waals surface area contributed by atoms with Crippen LogP contribution in [-0.4, -0.2) is 42.4 Å². The van der Waals surface area contributed by atoms with Crippen molar-refractivity contribution in [2.75, 3.05) is 14.2 Å². The van der Waals surface area contributed by atoms with Crippen LogP contribution < -0.4 is 14.8 Å². The van der Waals surface area contributed by atoms with Gasteiger partial charge in [0.25, 0.3) is 0 Å². The van der Waals surface area contributed by atoms with E-state index in [-0.39, 0.29) is 0 Å². The molecule has 0 fully saturated rings. The zero-order valence-electron chi connectivity index (χ0n) is 11.4. The van der Waals surface area contributed by atoms with Crippen LogP contribution in [-0.2, 0) is 9.59 Å². The minimum atomic E-state index is -1.18. The first-order chi connectivity index (χ1) is 9.40. The average molecular weight is 283 g/mol. The van der Waals surface area contributed by atoms with Crippen molar-refractivity contribution in [3.63, 3.8) is 0 Å². The molecule has 2 atom stereocenters. The van der Waals surface area contributed by atoms with Crippen LogP contribution in [0.2, 0.25) is 0 Å². The molecular formula is C13H17NO6. The molecule has 0 spiro atoms. The molecule has 0 aliphatic heterocycles. The summed E-state index contributed by atoms with van der Waals surface area (Å²) in [5, 5.41) is 20.6. The lowest BCUT2D eigenvalue weighted by Gasteiger charge is -2.19. The number of hydrogen-bond donors (Lipinski definition) is 3. The van der Waals surface area contributed by atoms with Crippen molar-refractivity contribution >= 4 is 11.9 Å². The summed E-state index contributed by atoms with van der Waals surface area (Å²) in [7, 11) is 2.90.